The first-order valence-electron chi connectivity index (χ1n) is 7.62. The molecule has 1 aromatic heterocycles. The summed E-state index contributed by atoms with van der Waals surface area (Å²) in [7, 11) is 1.60. The van der Waals surface area contributed by atoms with Crippen molar-refractivity contribution in [2.75, 3.05) is 43.5 Å². The summed E-state index contributed by atoms with van der Waals surface area (Å²) in [5.41, 5.74) is 1.83. The second kappa shape index (κ2) is 7.00. The van der Waals surface area contributed by atoms with E-state index in [4.69, 9.17) is 4.74 Å². The number of rotatable bonds is 3. The number of ether oxygens (including phenoxy) is 1. The van der Waals surface area contributed by atoms with Crippen LogP contribution in [0.25, 0.3) is 0 Å². The van der Waals surface area contributed by atoms with Crippen LogP contribution in [0.3, 0.4) is 0 Å². The van der Waals surface area contributed by atoms with Gasteiger partial charge in [0.2, 0.25) is 0 Å². The number of para-hydroxylation sites is 2. The normalized spacial score (nSPS) is 14.5. The quantitative estimate of drug-likeness (QED) is 0.946. The average Bonchev–Trinajstić information content (AvgIpc) is 2.63. The van der Waals surface area contributed by atoms with Gasteiger partial charge in [-0.1, -0.05) is 12.1 Å². The van der Waals surface area contributed by atoms with Gasteiger partial charge in [-0.25, -0.2) is 4.79 Å². The van der Waals surface area contributed by atoms with Crippen LogP contribution >= 0.6 is 0 Å². The number of carbonyl (C=O) groups excluding carboxylic acids is 1. The van der Waals surface area contributed by atoms with Crippen molar-refractivity contribution >= 4 is 17.4 Å². The summed E-state index contributed by atoms with van der Waals surface area (Å²) in [5.74, 6) is 0.663. The highest BCUT2D eigenvalue weighted by Gasteiger charge is 2.21. The Kier molecular flexibility index (Phi) is 4.61. The molecule has 2 aromatic rings. The van der Waals surface area contributed by atoms with Crippen molar-refractivity contribution < 1.29 is 9.53 Å². The molecule has 1 fully saturated rings. The number of methoxy groups -OCH3 is 1. The van der Waals surface area contributed by atoms with Gasteiger partial charge in [-0.05, 0) is 24.3 Å². The summed E-state index contributed by atoms with van der Waals surface area (Å²) in [5, 5.41) is 2.92. The molecule has 2 amide bonds. The number of pyridine rings is 1. The maximum absolute atomic E-state index is 12.4. The van der Waals surface area contributed by atoms with E-state index in [1.807, 2.05) is 41.3 Å². The van der Waals surface area contributed by atoms with Gasteiger partial charge in [0.25, 0.3) is 0 Å². The van der Waals surface area contributed by atoms with E-state index < -0.39 is 0 Å². The third kappa shape index (κ3) is 3.53. The fourth-order valence-corrected chi connectivity index (χ4v) is 2.66. The smallest absolute Gasteiger partial charge is 0.322 e. The first-order chi connectivity index (χ1) is 11.3. The van der Waals surface area contributed by atoms with E-state index in [0.717, 1.165) is 18.8 Å². The lowest BCUT2D eigenvalue weighted by Gasteiger charge is -2.36. The number of carbonyl (C=O) groups is 1. The topological polar surface area (TPSA) is 57.7 Å². The minimum atomic E-state index is -0.0936. The zero-order valence-electron chi connectivity index (χ0n) is 13.1. The third-order valence-electron chi connectivity index (χ3n) is 3.94. The van der Waals surface area contributed by atoms with Gasteiger partial charge in [0.1, 0.15) is 5.75 Å². The lowest BCUT2D eigenvalue weighted by Crippen LogP contribution is -2.50. The molecule has 0 spiro atoms. The zero-order valence-corrected chi connectivity index (χ0v) is 13.1. The molecule has 0 aliphatic carbocycles. The summed E-state index contributed by atoms with van der Waals surface area (Å²) >= 11 is 0. The second-order valence-electron chi connectivity index (χ2n) is 5.31. The Morgan fingerprint density at radius 2 is 1.78 bits per heavy atom. The van der Waals surface area contributed by atoms with Gasteiger partial charge in [-0.2, -0.15) is 0 Å². The minimum Gasteiger partial charge on any atom is -0.495 e. The van der Waals surface area contributed by atoms with Crippen LogP contribution in [-0.2, 0) is 0 Å². The van der Waals surface area contributed by atoms with Crippen LogP contribution in [0, 0.1) is 0 Å². The van der Waals surface area contributed by atoms with Gasteiger partial charge >= 0.3 is 6.03 Å². The second-order valence-corrected chi connectivity index (χ2v) is 5.31. The van der Waals surface area contributed by atoms with Crippen molar-refractivity contribution in [2.45, 2.75) is 0 Å². The number of benzene rings is 1. The molecule has 1 aromatic carbocycles. The number of piperazine rings is 1. The first kappa shape index (κ1) is 15.1. The fraction of sp³-hybridized carbons (Fsp3) is 0.294. The van der Waals surface area contributed by atoms with Crippen LogP contribution in [0.4, 0.5) is 16.2 Å². The highest BCUT2D eigenvalue weighted by molar-refractivity contribution is 5.91. The lowest BCUT2D eigenvalue weighted by molar-refractivity contribution is 0.208. The van der Waals surface area contributed by atoms with Crippen LogP contribution in [0.5, 0.6) is 5.75 Å². The molecule has 120 valence electrons. The summed E-state index contributed by atoms with van der Waals surface area (Å²) in [6.07, 6.45) is 3.58. The number of aromatic nitrogens is 1. The van der Waals surface area contributed by atoms with E-state index in [9.17, 15) is 4.79 Å². The fourth-order valence-electron chi connectivity index (χ4n) is 2.66. The van der Waals surface area contributed by atoms with Crippen molar-refractivity contribution in [3.05, 3.63) is 48.8 Å². The van der Waals surface area contributed by atoms with E-state index >= 15 is 0 Å². The summed E-state index contributed by atoms with van der Waals surface area (Å²) < 4.78 is 5.26. The molecule has 1 aliphatic rings. The van der Waals surface area contributed by atoms with Gasteiger partial charge in [0, 0.05) is 44.3 Å². The van der Waals surface area contributed by atoms with Crippen LogP contribution in [0.1, 0.15) is 0 Å². The summed E-state index contributed by atoms with van der Waals surface area (Å²) in [4.78, 5) is 20.5. The van der Waals surface area contributed by atoms with E-state index in [2.05, 4.69) is 15.2 Å². The Labute approximate surface area is 135 Å². The Hall–Kier alpha value is -2.76. The van der Waals surface area contributed by atoms with E-state index in [-0.39, 0.29) is 6.03 Å². The highest BCUT2D eigenvalue weighted by Crippen LogP contribution is 2.23. The van der Waals surface area contributed by atoms with E-state index in [1.54, 1.807) is 19.5 Å². The number of nitrogens with zero attached hydrogens (tertiary/aromatic N) is 3. The van der Waals surface area contributed by atoms with Crippen LogP contribution < -0.4 is 15.0 Å². The standard InChI is InChI=1S/C17H20N4O2/c1-23-16-5-3-2-4-15(16)19-17(22)21-12-10-20(11-13-21)14-6-8-18-9-7-14/h2-9H,10-13H2,1H3,(H,19,22). The molecule has 2 heterocycles. The molecule has 3 rings (SSSR count). The summed E-state index contributed by atoms with van der Waals surface area (Å²) in [6.45, 7) is 2.99. The number of hydrogen-bond acceptors (Lipinski definition) is 4. The minimum absolute atomic E-state index is 0.0936. The van der Waals surface area contributed by atoms with Crippen molar-refractivity contribution in [3.8, 4) is 5.75 Å². The molecule has 0 bridgehead atoms. The average molecular weight is 312 g/mol. The number of urea groups is 1. The Balaban J connectivity index is 1.58. The third-order valence-corrected chi connectivity index (χ3v) is 3.94. The molecule has 0 unspecified atom stereocenters. The van der Waals surface area contributed by atoms with Gasteiger partial charge in [0.15, 0.2) is 0 Å². The maximum Gasteiger partial charge on any atom is 0.322 e. The van der Waals surface area contributed by atoms with Gasteiger partial charge < -0.3 is 19.9 Å². The van der Waals surface area contributed by atoms with Crippen molar-refractivity contribution in [3.63, 3.8) is 0 Å². The van der Waals surface area contributed by atoms with Crippen molar-refractivity contribution in [2.24, 2.45) is 0 Å². The van der Waals surface area contributed by atoms with Gasteiger partial charge in [0.05, 0.1) is 12.8 Å². The zero-order chi connectivity index (χ0) is 16.1. The maximum atomic E-state index is 12.4. The Bertz CT molecular complexity index is 655. The van der Waals surface area contributed by atoms with Crippen LogP contribution in [-0.4, -0.2) is 49.2 Å². The van der Waals surface area contributed by atoms with Crippen LogP contribution in [0.15, 0.2) is 48.8 Å². The van der Waals surface area contributed by atoms with Crippen molar-refractivity contribution in [1.82, 2.24) is 9.88 Å². The largest absolute Gasteiger partial charge is 0.495 e. The lowest BCUT2D eigenvalue weighted by atomic mass is 10.2. The predicted octanol–water partition coefficient (Wildman–Crippen LogP) is 2.44. The molecule has 6 nitrogen and oxygen atoms in total. The number of nitrogens with one attached hydrogen (secondary N) is 1. The first-order valence-corrected chi connectivity index (χ1v) is 7.62. The molecular formula is C17H20N4O2. The molecule has 1 N–H and O–H groups in total. The Morgan fingerprint density at radius 3 is 2.48 bits per heavy atom. The number of anilines is 2. The number of amides is 2. The Morgan fingerprint density at radius 1 is 1.09 bits per heavy atom. The molecular weight excluding hydrogens is 292 g/mol. The molecule has 0 saturated carbocycles. The van der Waals surface area contributed by atoms with E-state index in [1.165, 1.54) is 0 Å². The number of hydrogen-bond donors (Lipinski definition) is 1. The molecule has 1 saturated heterocycles. The molecule has 1 aliphatic heterocycles. The van der Waals surface area contributed by atoms with E-state index in [0.29, 0.717) is 24.5 Å². The molecule has 23 heavy (non-hydrogen) atoms. The highest BCUT2D eigenvalue weighted by atomic mass is 16.5. The monoisotopic (exact) mass is 312 g/mol. The van der Waals surface area contributed by atoms with Crippen LogP contribution in [0.2, 0.25) is 0 Å². The molecule has 0 radical (unpaired) electrons. The van der Waals surface area contributed by atoms with Crippen molar-refractivity contribution in [1.29, 1.82) is 0 Å². The molecule has 6 heteroatoms. The van der Waals surface area contributed by atoms with Gasteiger partial charge in [-0.3, -0.25) is 4.98 Å². The SMILES string of the molecule is COc1ccccc1NC(=O)N1CCN(c2ccncc2)CC1. The predicted molar refractivity (Wildman–Crippen MR) is 90.0 cm³/mol. The summed E-state index contributed by atoms with van der Waals surface area (Å²) in [6, 6.07) is 11.3. The van der Waals surface area contributed by atoms with Gasteiger partial charge in [-0.15, -0.1) is 0 Å². The molecule has 0 atom stereocenters.